The van der Waals surface area contributed by atoms with Crippen LogP contribution in [0.25, 0.3) is 10.9 Å². The first-order valence-corrected chi connectivity index (χ1v) is 10.1. The number of amides is 1. The Morgan fingerprint density at radius 2 is 1.83 bits per heavy atom. The third-order valence-corrected chi connectivity index (χ3v) is 5.50. The van der Waals surface area contributed by atoms with Crippen LogP contribution in [-0.4, -0.2) is 38.2 Å². The monoisotopic (exact) mass is 405 g/mol. The number of hydrogen-bond acceptors (Lipinski definition) is 5. The molecule has 1 fully saturated rings. The van der Waals surface area contributed by atoms with Crippen LogP contribution >= 0.6 is 0 Å². The van der Waals surface area contributed by atoms with Crippen molar-refractivity contribution in [2.75, 3.05) is 26.2 Å². The summed E-state index contributed by atoms with van der Waals surface area (Å²) in [5.41, 5.74) is 3.69. The topological polar surface area (TPSA) is 63.7 Å². The third-order valence-electron chi connectivity index (χ3n) is 5.50. The number of nitrogens with one attached hydrogen (secondary N) is 1. The lowest BCUT2D eigenvalue weighted by molar-refractivity contribution is 0.0952. The van der Waals surface area contributed by atoms with E-state index in [4.69, 9.17) is 14.5 Å². The summed E-state index contributed by atoms with van der Waals surface area (Å²) < 4.78 is 10.9. The summed E-state index contributed by atoms with van der Waals surface area (Å²) in [6.07, 6.45) is 2.11. The van der Waals surface area contributed by atoms with Gasteiger partial charge in [0.15, 0.2) is 11.5 Å². The highest BCUT2D eigenvalue weighted by Gasteiger charge is 2.25. The Labute approximate surface area is 176 Å². The lowest BCUT2D eigenvalue weighted by Gasteiger charge is -2.22. The molecule has 4 rings (SSSR count). The molecule has 0 unspecified atom stereocenters. The molecule has 1 amide bonds. The smallest absolute Gasteiger partial charge is 0.252 e. The van der Waals surface area contributed by atoms with Crippen LogP contribution in [0.5, 0.6) is 11.5 Å². The van der Waals surface area contributed by atoms with Gasteiger partial charge in [0.25, 0.3) is 5.91 Å². The molecule has 1 heterocycles. The van der Waals surface area contributed by atoms with Gasteiger partial charge in [0.1, 0.15) is 5.82 Å². The second-order valence-electron chi connectivity index (χ2n) is 7.78. The Kier molecular flexibility index (Phi) is 5.48. The highest BCUT2D eigenvalue weighted by Crippen LogP contribution is 2.32. The molecule has 3 aromatic rings. The van der Waals surface area contributed by atoms with Crippen molar-refractivity contribution in [1.82, 2.24) is 10.3 Å². The number of nitrogens with zero attached hydrogens (tertiary/aromatic N) is 2. The summed E-state index contributed by atoms with van der Waals surface area (Å²) in [7, 11) is 5.25. The van der Waals surface area contributed by atoms with Crippen LogP contribution in [0.2, 0.25) is 0 Å². The van der Waals surface area contributed by atoms with Crippen molar-refractivity contribution in [3.8, 4) is 11.5 Å². The van der Waals surface area contributed by atoms with Crippen molar-refractivity contribution in [2.45, 2.75) is 32.4 Å². The van der Waals surface area contributed by atoms with Gasteiger partial charge in [-0.05, 0) is 55.2 Å². The molecule has 1 N–H and O–H groups in total. The van der Waals surface area contributed by atoms with Crippen molar-refractivity contribution in [1.29, 1.82) is 0 Å². The molecule has 1 saturated carbocycles. The first-order chi connectivity index (χ1) is 14.5. The van der Waals surface area contributed by atoms with E-state index in [1.165, 1.54) is 0 Å². The SMILES string of the molecule is COc1cc(C)c(CN(C)c2cc(C(=O)NC3CC3)c3ccccc3n2)cc1OC. The number of anilines is 1. The molecule has 30 heavy (non-hydrogen) atoms. The molecule has 2 aromatic carbocycles. The Morgan fingerprint density at radius 3 is 2.53 bits per heavy atom. The zero-order valence-corrected chi connectivity index (χ0v) is 17.9. The minimum atomic E-state index is -0.0342. The molecule has 0 bridgehead atoms. The summed E-state index contributed by atoms with van der Waals surface area (Å²) in [5.74, 6) is 2.13. The Hall–Kier alpha value is -3.28. The highest BCUT2D eigenvalue weighted by atomic mass is 16.5. The summed E-state index contributed by atoms with van der Waals surface area (Å²) in [6, 6.07) is 13.9. The maximum Gasteiger partial charge on any atom is 0.252 e. The van der Waals surface area contributed by atoms with Crippen LogP contribution in [0.15, 0.2) is 42.5 Å². The maximum atomic E-state index is 12.9. The first-order valence-electron chi connectivity index (χ1n) is 10.1. The second-order valence-corrected chi connectivity index (χ2v) is 7.78. The number of rotatable bonds is 7. The van der Waals surface area contributed by atoms with Crippen molar-refractivity contribution >= 4 is 22.6 Å². The van der Waals surface area contributed by atoms with Crippen molar-refractivity contribution in [3.63, 3.8) is 0 Å². The third kappa shape index (κ3) is 4.03. The maximum absolute atomic E-state index is 12.9. The van der Waals surface area contributed by atoms with Gasteiger partial charge in [-0.2, -0.15) is 0 Å². The molecule has 0 spiro atoms. The lowest BCUT2D eigenvalue weighted by atomic mass is 10.1. The fourth-order valence-electron chi connectivity index (χ4n) is 3.57. The molecule has 0 radical (unpaired) electrons. The fraction of sp³-hybridized carbons (Fsp3) is 0.333. The minimum absolute atomic E-state index is 0.0342. The van der Waals surface area contributed by atoms with E-state index < -0.39 is 0 Å². The summed E-state index contributed by atoms with van der Waals surface area (Å²) >= 11 is 0. The van der Waals surface area contributed by atoms with E-state index in [2.05, 4.69) is 10.2 Å². The zero-order valence-electron chi connectivity index (χ0n) is 17.9. The average Bonchev–Trinajstić information content (AvgIpc) is 3.57. The summed E-state index contributed by atoms with van der Waals surface area (Å²) in [6.45, 7) is 2.68. The molecule has 156 valence electrons. The summed E-state index contributed by atoms with van der Waals surface area (Å²) in [4.78, 5) is 19.7. The van der Waals surface area contributed by atoms with Crippen molar-refractivity contribution in [2.24, 2.45) is 0 Å². The molecule has 6 nitrogen and oxygen atoms in total. The van der Waals surface area contributed by atoms with Gasteiger partial charge in [-0.25, -0.2) is 4.98 Å². The second kappa shape index (κ2) is 8.22. The van der Waals surface area contributed by atoms with Gasteiger partial charge in [0.2, 0.25) is 0 Å². The van der Waals surface area contributed by atoms with Gasteiger partial charge in [0, 0.05) is 25.0 Å². The number of methoxy groups -OCH3 is 2. The number of benzene rings is 2. The average molecular weight is 405 g/mol. The number of pyridine rings is 1. The van der Waals surface area contributed by atoms with Crippen LogP contribution in [0, 0.1) is 6.92 Å². The predicted octanol–water partition coefficient (Wildman–Crippen LogP) is 4.09. The number of carbonyl (C=O) groups is 1. The molecule has 1 aliphatic carbocycles. The van der Waals surface area contributed by atoms with Crippen LogP contribution < -0.4 is 19.7 Å². The fourth-order valence-corrected chi connectivity index (χ4v) is 3.57. The van der Waals surface area contributed by atoms with Crippen LogP contribution in [0.4, 0.5) is 5.82 Å². The van der Waals surface area contributed by atoms with Gasteiger partial charge in [-0.15, -0.1) is 0 Å². The van der Waals surface area contributed by atoms with Crippen LogP contribution in [0.1, 0.15) is 34.3 Å². The molecule has 0 aliphatic heterocycles. The van der Waals surface area contributed by atoms with Crippen LogP contribution in [0.3, 0.4) is 0 Å². The van der Waals surface area contributed by atoms with E-state index in [-0.39, 0.29) is 5.91 Å². The minimum Gasteiger partial charge on any atom is -0.493 e. The van der Waals surface area contributed by atoms with Gasteiger partial charge < -0.3 is 19.7 Å². The number of hydrogen-bond donors (Lipinski definition) is 1. The van der Waals surface area contributed by atoms with Crippen LogP contribution in [-0.2, 0) is 6.54 Å². The van der Waals surface area contributed by atoms with Gasteiger partial charge >= 0.3 is 0 Å². The van der Waals surface area contributed by atoms with Crippen molar-refractivity contribution in [3.05, 3.63) is 59.2 Å². The van der Waals surface area contributed by atoms with Crippen molar-refractivity contribution < 1.29 is 14.3 Å². The Balaban J connectivity index is 1.68. The normalized spacial score (nSPS) is 13.2. The lowest BCUT2D eigenvalue weighted by Crippen LogP contribution is -2.26. The molecule has 1 aromatic heterocycles. The molecule has 0 atom stereocenters. The number of para-hydroxylation sites is 1. The van der Waals surface area contributed by atoms with E-state index in [1.807, 2.05) is 56.4 Å². The standard InChI is InChI=1S/C24H27N3O3/c1-15-11-21(29-3)22(30-4)12-16(15)14-27(2)23-13-19(24(28)25-17-9-10-17)18-7-5-6-8-20(18)26-23/h5-8,11-13,17H,9-10,14H2,1-4H3,(H,25,28). The van der Waals surface area contributed by atoms with Gasteiger partial charge in [-0.3, -0.25) is 4.79 Å². The van der Waals surface area contributed by atoms with E-state index in [9.17, 15) is 4.79 Å². The van der Waals surface area contributed by atoms with Gasteiger partial charge in [0.05, 0.1) is 25.3 Å². The molecule has 1 aliphatic rings. The largest absolute Gasteiger partial charge is 0.493 e. The van der Waals surface area contributed by atoms with E-state index in [0.29, 0.717) is 29.6 Å². The molecule has 0 saturated heterocycles. The van der Waals surface area contributed by atoms with E-state index in [0.717, 1.165) is 40.7 Å². The zero-order chi connectivity index (χ0) is 21.3. The number of aryl methyl sites for hydroxylation is 1. The quantitative estimate of drug-likeness (QED) is 0.641. The highest BCUT2D eigenvalue weighted by molar-refractivity contribution is 6.07. The number of carbonyl (C=O) groups excluding carboxylic acids is 1. The molecular formula is C24H27N3O3. The Bertz CT molecular complexity index is 1090. The number of fused-ring (bicyclic) bond motifs is 1. The number of ether oxygens (including phenoxy) is 2. The molecular weight excluding hydrogens is 378 g/mol. The number of aromatic nitrogens is 1. The Morgan fingerprint density at radius 1 is 1.13 bits per heavy atom. The van der Waals surface area contributed by atoms with E-state index >= 15 is 0 Å². The molecule has 6 heteroatoms. The predicted molar refractivity (Wildman–Crippen MR) is 119 cm³/mol. The summed E-state index contributed by atoms with van der Waals surface area (Å²) in [5, 5.41) is 3.97. The van der Waals surface area contributed by atoms with Gasteiger partial charge in [-0.1, -0.05) is 18.2 Å². The van der Waals surface area contributed by atoms with E-state index in [1.54, 1.807) is 14.2 Å². The first kappa shape index (κ1) is 20.0.